The lowest BCUT2D eigenvalue weighted by Gasteiger charge is -2.21. The van der Waals surface area contributed by atoms with Crippen molar-refractivity contribution >= 4 is 23.9 Å². The monoisotopic (exact) mass is 391 g/mol. The summed E-state index contributed by atoms with van der Waals surface area (Å²) < 4.78 is 5.73. The number of H-pyrrole nitrogens is 2. The van der Waals surface area contributed by atoms with Gasteiger partial charge in [-0.2, -0.15) is 10.2 Å². The number of amides is 1. The van der Waals surface area contributed by atoms with Crippen molar-refractivity contribution in [3.63, 3.8) is 0 Å². The van der Waals surface area contributed by atoms with Gasteiger partial charge in [-0.1, -0.05) is 11.8 Å². The highest BCUT2D eigenvalue weighted by Gasteiger charge is 2.17. The molecule has 9 nitrogen and oxygen atoms in total. The Bertz CT molecular complexity index is 928. The minimum absolute atomic E-state index is 0.00401. The van der Waals surface area contributed by atoms with E-state index in [0.29, 0.717) is 0 Å². The summed E-state index contributed by atoms with van der Waals surface area (Å²) in [6.07, 6.45) is 1.50. The average molecular weight is 391 g/mol. The van der Waals surface area contributed by atoms with Gasteiger partial charge in [0, 0.05) is 0 Å². The Balaban J connectivity index is 1.90. The van der Waals surface area contributed by atoms with Crippen LogP contribution in [0.5, 0.6) is 5.75 Å². The number of benzene rings is 1. The van der Waals surface area contributed by atoms with E-state index in [1.54, 1.807) is 6.92 Å². The fourth-order valence-electron chi connectivity index (χ4n) is 1.87. The minimum atomic E-state index is -0.704. The first-order chi connectivity index (χ1) is 12.6. The van der Waals surface area contributed by atoms with Gasteiger partial charge in [0.1, 0.15) is 11.4 Å². The molecular formula is C17H21N5O4S. The van der Waals surface area contributed by atoms with Gasteiger partial charge in [0.15, 0.2) is 5.03 Å². The molecular weight excluding hydrogens is 370 g/mol. The first-order valence-electron chi connectivity index (χ1n) is 8.12. The standard InChI is InChI=1S/C17H21N5O4S/c1-10(27-15-14(24)19-16(25)22-21-15)13(23)20-18-9-11-5-7-12(8-6-11)26-17(2,3)4/h5-10H,1-4H3,(H,20,23)(H2,19,22,24,25)/b18-9+. The first kappa shape index (κ1) is 20.4. The van der Waals surface area contributed by atoms with Crippen molar-refractivity contribution in [3.8, 4) is 5.75 Å². The largest absolute Gasteiger partial charge is 0.488 e. The molecule has 0 spiro atoms. The Morgan fingerprint density at radius 1 is 1.30 bits per heavy atom. The van der Waals surface area contributed by atoms with Crippen molar-refractivity contribution in [3.05, 3.63) is 50.7 Å². The zero-order valence-electron chi connectivity index (χ0n) is 15.4. The summed E-state index contributed by atoms with van der Waals surface area (Å²) in [5.74, 6) is 0.337. The second-order valence-corrected chi connectivity index (χ2v) is 7.92. The smallest absolute Gasteiger partial charge is 0.342 e. The number of carbonyl (C=O) groups is 1. The number of thioether (sulfide) groups is 1. The van der Waals surface area contributed by atoms with Crippen LogP contribution < -0.4 is 21.4 Å². The van der Waals surface area contributed by atoms with E-state index in [9.17, 15) is 14.4 Å². The second-order valence-electron chi connectivity index (χ2n) is 6.59. The van der Waals surface area contributed by atoms with Crippen molar-refractivity contribution < 1.29 is 9.53 Å². The van der Waals surface area contributed by atoms with Gasteiger partial charge in [-0.15, -0.1) is 0 Å². The van der Waals surface area contributed by atoms with Crippen LogP contribution in [-0.4, -0.2) is 38.2 Å². The summed E-state index contributed by atoms with van der Waals surface area (Å²) in [7, 11) is 0. The molecule has 0 aliphatic carbocycles. The summed E-state index contributed by atoms with van der Waals surface area (Å²) in [5.41, 5.74) is 1.56. The zero-order chi connectivity index (χ0) is 20.0. The predicted molar refractivity (Wildman–Crippen MR) is 103 cm³/mol. The van der Waals surface area contributed by atoms with Gasteiger partial charge in [0.25, 0.3) is 11.5 Å². The molecule has 1 aromatic heterocycles. The highest BCUT2D eigenvalue weighted by atomic mass is 32.2. The highest BCUT2D eigenvalue weighted by molar-refractivity contribution is 8.00. The fraction of sp³-hybridized carbons (Fsp3) is 0.353. The van der Waals surface area contributed by atoms with Crippen LogP contribution >= 0.6 is 11.8 Å². The Kier molecular flexibility index (Phi) is 6.56. The van der Waals surface area contributed by atoms with Gasteiger partial charge < -0.3 is 4.74 Å². The van der Waals surface area contributed by atoms with Crippen LogP contribution in [-0.2, 0) is 4.79 Å². The Labute approximate surface area is 159 Å². The third kappa shape index (κ3) is 6.74. The van der Waals surface area contributed by atoms with E-state index >= 15 is 0 Å². The van der Waals surface area contributed by atoms with Gasteiger partial charge in [-0.3, -0.25) is 14.6 Å². The van der Waals surface area contributed by atoms with E-state index in [-0.39, 0.29) is 10.6 Å². The molecule has 0 fully saturated rings. The summed E-state index contributed by atoms with van der Waals surface area (Å²) in [5, 5.41) is 8.99. The molecule has 0 saturated heterocycles. The van der Waals surface area contributed by atoms with E-state index < -0.39 is 22.4 Å². The summed E-state index contributed by atoms with van der Waals surface area (Å²) in [6.45, 7) is 7.49. The SMILES string of the molecule is CC(Sc1n[nH]c(=O)[nH]c1=O)C(=O)N/N=C/c1ccc(OC(C)(C)C)cc1. The number of nitrogens with one attached hydrogen (secondary N) is 3. The maximum absolute atomic E-state index is 12.0. The number of aromatic nitrogens is 3. The number of nitrogens with zero attached hydrogens (tertiary/aromatic N) is 2. The summed E-state index contributed by atoms with van der Waals surface area (Å²) in [6, 6.07) is 7.28. The van der Waals surface area contributed by atoms with Crippen LogP contribution in [0.2, 0.25) is 0 Å². The minimum Gasteiger partial charge on any atom is -0.488 e. The molecule has 27 heavy (non-hydrogen) atoms. The average Bonchev–Trinajstić information content (AvgIpc) is 2.57. The van der Waals surface area contributed by atoms with Gasteiger partial charge in [-0.25, -0.2) is 15.3 Å². The highest BCUT2D eigenvalue weighted by Crippen LogP contribution is 2.18. The lowest BCUT2D eigenvalue weighted by atomic mass is 10.2. The molecule has 1 unspecified atom stereocenters. The van der Waals surface area contributed by atoms with Crippen LogP contribution in [0.1, 0.15) is 33.3 Å². The third-order valence-electron chi connectivity index (χ3n) is 3.03. The lowest BCUT2D eigenvalue weighted by Crippen LogP contribution is -2.30. The number of carbonyl (C=O) groups excluding carboxylic acids is 1. The number of aromatic amines is 2. The van der Waals surface area contributed by atoms with Gasteiger partial charge >= 0.3 is 5.69 Å². The van der Waals surface area contributed by atoms with Crippen molar-refractivity contribution in [2.45, 2.75) is 43.6 Å². The molecule has 2 aromatic rings. The van der Waals surface area contributed by atoms with Crippen molar-refractivity contribution in [1.29, 1.82) is 0 Å². The molecule has 1 heterocycles. The van der Waals surface area contributed by atoms with E-state index in [0.717, 1.165) is 23.1 Å². The quantitative estimate of drug-likeness (QED) is 0.386. The topological polar surface area (TPSA) is 129 Å². The van der Waals surface area contributed by atoms with Crippen LogP contribution in [0.3, 0.4) is 0 Å². The van der Waals surface area contributed by atoms with Crippen molar-refractivity contribution in [2.24, 2.45) is 5.10 Å². The third-order valence-corrected chi connectivity index (χ3v) is 4.10. The summed E-state index contributed by atoms with van der Waals surface area (Å²) >= 11 is 0.913. The number of hydrogen-bond donors (Lipinski definition) is 3. The van der Waals surface area contributed by atoms with Crippen LogP contribution in [0.4, 0.5) is 0 Å². The maximum atomic E-state index is 12.0. The van der Waals surface area contributed by atoms with Crippen molar-refractivity contribution in [1.82, 2.24) is 20.6 Å². The molecule has 1 atom stereocenters. The summed E-state index contributed by atoms with van der Waals surface area (Å²) in [4.78, 5) is 36.6. The Morgan fingerprint density at radius 3 is 2.56 bits per heavy atom. The van der Waals surface area contributed by atoms with Crippen LogP contribution in [0.15, 0.2) is 44.0 Å². The van der Waals surface area contributed by atoms with Crippen LogP contribution in [0.25, 0.3) is 0 Å². The van der Waals surface area contributed by atoms with Crippen molar-refractivity contribution in [2.75, 3.05) is 0 Å². The number of hydrazone groups is 1. The van der Waals surface area contributed by atoms with E-state index in [1.807, 2.05) is 50.0 Å². The van der Waals surface area contributed by atoms with Crippen LogP contribution in [0, 0.1) is 0 Å². The molecule has 0 aliphatic heterocycles. The lowest BCUT2D eigenvalue weighted by molar-refractivity contribution is -0.120. The molecule has 2 rings (SSSR count). The second kappa shape index (κ2) is 8.67. The Morgan fingerprint density at radius 2 is 1.96 bits per heavy atom. The van der Waals surface area contributed by atoms with E-state index in [1.165, 1.54) is 6.21 Å². The molecule has 0 aliphatic rings. The molecule has 10 heteroatoms. The van der Waals surface area contributed by atoms with Gasteiger partial charge in [0.2, 0.25) is 0 Å². The van der Waals surface area contributed by atoms with E-state index in [4.69, 9.17) is 4.74 Å². The van der Waals surface area contributed by atoms with Gasteiger partial charge in [0.05, 0.1) is 11.5 Å². The molecule has 144 valence electrons. The maximum Gasteiger partial charge on any atom is 0.342 e. The van der Waals surface area contributed by atoms with Gasteiger partial charge in [-0.05, 0) is 57.5 Å². The predicted octanol–water partition coefficient (Wildman–Crippen LogP) is 1.27. The molecule has 3 N–H and O–H groups in total. The molecule has 0 saturated carbocycles. The number of hydrogen-bond acceptors (Lipinski definition) is 7. The van der Waals surface area contributed by atoms with E-state index in [2.05, 4.69) is 20.7 Å². The normalized spacial score (nSPS) is 12.7. The molecule has 0 bridgehead atoms. The molecule has 0 radical (unpaired) electrons. The molecule has 1 aromatic carbocycles. The molecule has 1 amide bonds. The zero-order valence-corrected chi connectivity index (χ0v) is 16.2. The number of ether oxygens (including phenoxy) is 1. The Hall–Kier alpha value is -2.88. The first-order valence-corrected chi connectivity index (χ1v) is 9.00. The number of rotatable bonds is 6. The fourth-order valence-corrected chi connectivity index (χ4v) is 2.63.